The molecule has 0 aliphatic carbocycles. The van der Waals surface area contributed by atoms with Crippen LogP contribution in [0.25, 0.3) is 0 Å². The van der Waals surface area contributed by atoms with Gasteiger partial charge in [0.05, 0.1) is 18.4 Å². The van der Waals surface area contributed by atoms with Crippen LogP contribution in [0.1, 0.15) is 50.4 Å². The summed E-state index contributed by atoms with van der Waals surface area (Å²) in [6.07, 6.45) is 6.68. The van der Waals surface area contributed by atoms with Crippen LogP contribution in [0.15, 0.2) is 12.1 Å². The normalized spacial score (nSPS) is 19.7. The average molecular weight is 292 g/mol. The number of hydrogen-bond acceptors (Lipinski definition) is 4. The molecule has 0 radical (unpaired) electrons. The number of hydrogen-bond donors (Lipinski definition) is 1. The zero-order valence-corrected chi connectivity index (χ0v) is 13.3. The Morgan fingerprint density at radius 3 is 3.05 bits per heavy atom. The Kier molecular flexibility index (Phi) is 6.46. The third-order valence-electron chi connectivity index (χ3n) is 4.00. The molecule has 0 spiro atoms. The first-order valence-electron chi connectivity index (χ1n) is 8.15. The van der Waals surface area contributed by atoms with Crippen LogP contribution in [-0.2, 0) is 11.2 Å². The minimum atomic E-state index is 0.147. The van der Waals surface area contributed by atoms with Crippen molar-refractivity contribution in [1.82, 2.24) is 4.98 Å². The molecule has 21 heavy (non-hydrogen) atoms. The molecule has 1 aromatic heterocycles. The summed E-state index contributed by atoms with van der Waals surface area (Å²) in [5.74, 6) is 0.886. The summed E-state index contributed by atoms with van der Waals surface area (Å²) < 4.78 is 11.6. The van der Waals surface area contributed by atoms with Crippen molar-refractivity contribution in [2.75, 3.05) is 13.2 Å². The van der Waals surface area contributed by atoms with Crippen molar-refractivity contribution in [2.45, 2.75) is 64.5 Å². The van der Waals surface area contributed by atoms with Crippen LogP contribution in [0.5, 0.6) is 5.75 Å². The van der Waals surface area contributed by atoms with E-state index in [0.717, 1.165) is 56.0 Å². The number of pyridine rings is 1. The summed E-state index contributed by atoms with van der Waals surface area (Å²) in [6, 6.07) is 4.16. The van der Waals surface area contributed by atoms with Crippen molar-refractivity contribution in [3.63, 3.8) is 0 Å². The number of ether oxygens (including phenoxy) is 2. The highest BCUT2D eigenvalue weighted by molar-refractivity contribution is 5.30. The second-order valence-electron chi connectivity index (χ2n) is 5.90. The maximum absolute atomic E-state index is 6.05. The molecule has 2 heterocycles. The molecule has 4 nitrogen and oxygen atoms in total. The monoisotopic (exact) mass is 292 g/mol. The lowest BCUT2D eigenvalue weighted by Gasteiger charge is -2.15. The molecule has 0 aromatic carbocycles. The molecule has 2 unspecified atom stereocenters. The van der Waals surface area contributed by atoms with E-state index >= 15 is 0 Å². The Hall–Kier alpha value is -1.13. The second kappa shape index (κ2) is 8.35. The summed E-state index contributed by atoms with van der Waals surface area (Å²) in [4.78, 5) is 4.59. The van der Waals surface area contributed by atoms with Gasteiger partial charge in [-0.05, 0) is 51.2 Å². The highest BCUT2D eigenvalue weighted by Gasteiger charge is 2.15. The molecule has 1 fully saturated rings. The molecule has 1 saturated heterocycles. The van der Waals surface area contributed by atoms with Crippen LogP contribution in [0.4, 0.5) is 0 Å². The molecule has 118 valence electrons. The molecule has 2 N–H and O–H groups in total. The molecule has 0 bridgehead atoms. The van der Waals surface area contributed by atoms with Gasteiger partial charge < -0.3 is 15.2 Å². The number of aromatic nitrogens is 1. The molecule has 2 rings (SSSR count). The standard InChI is InChI=1S/C17H28N2O2/c1-3-14(18)12-16-17(9-8-13(2)19-16)21-11-5-7-15-6-4-10-20-15/h8-9,14-15H,3-7,10-12,18H2,1-2H3. The number of aryl methyl sites for hydroxylation is 1. The lowest BCUT2D eigenvalue weighted by Crippen LogP contribution is -2.22. The lowest BCUT2D eigenvalue weighted by atomic mass is 10.1. The molecule has 2 atom stereocenters. The van der Waals surface area contributed by atoms with Gasteiger partial charge in [-0.1, -0.05) is 6.92 Å². The van der Waals surface area contributed by atoms with E-state index in [0.29, 0.717) is 6.10 Å². The predicted molar refractivity (Wildman–Crippen MR) is 84.6 cm³/mol. The molecular weight excluding hydrogens is 264 g/mol. The van der Waals surface area contributed by atoms with Crippen LogP contribution >= 0.6 is 0 Å². The van der Waals surface area contributed by atoms with E-state index < -0.39 is 0 Å². The van der Waals surface area contributed by atoms with Crippen molar-refractivity contribution < 1.29 is 9.47 Å². The summed E-state index contributed by atoms with van der Waals surface area (Å²) in [7, 11) is 0. The quantitative estimate of drug-likeness (QED) is 0.748. The fourth-order valence-corrected chi connectivity index (χ4v) is 2.63. The van der Waals surface area contributed by atoms with Crippen molar-refractivity contribution in [3.8, 4) is 5.75 Å². The summed E-state index contributed by atoms with van der Waals surface area (Å²) in [5, 5.41) is 0. The first-order valence-corrected chi connectivity index (χ1v) is 8.15. The average Bonchev–Trinajstić information content (AvgIpc) is 2.98. The maximum atomic E-state index is 6.05. The van der Waals surface area contributed by atoms with Gasteiger partial charge in [-0.15, -0.1) is 0 Å². The smallest absolute Gasteiger partial charge is 0.140 e. The highest BCUT2D eigenvalue weighted by Crippen LogP contribution is 2.21. The van der Waals surface area contributed by atoms with Gasteiger partial charge in [-0.25, -0.2) is 0 Å². The molecule has 0 amide bonds. The highest BCUT2D eigenvalue weighted by atomic mass is 16.5. The number of rotatable bonds is 8. The van der Waals surface area contributed by atoms with E-state index in [2.05, 4.69) is 11.9 Å². The van der Waals surface area contributed by atoms with Gasteiger partial charge in [0.15, 0.2) is 0 Å². The van der Waals surface area contributed by atoms with Gasteiger partial charge in [-0.3, -0.25) is 4.98 Å². The molecule has 4 heteroatoms. The summed E-state index contributed by atoms with van der Waals surface area (Å²) in [6.45, 7) is 5.75. The predicted octanol–water partition coefficient (Wildman–Crippen LogP) is 3.01. The zero-order chi connectivity index (χ0) is 15.1. The van der Waals surface area contributed by atoms with E-state index in [1.165, 1.54) is 12.8 Å². The Morgan fingerprint density at radius 2 is 2.33 bits per heavy atom. The van der Waals surface area contributed by atoms with Crippen molar-refractivity contribution in [2.24, 2.45) is 5.73 Å². The molecule has 1 aliphatic rings. The molecular formula is C17H28N2O2. The Balaban J connectivity index is 1.83. The van der Waals surface area contributed by atoms with Gasteiger partial charge in [0, 0.05) is 24.8 Å². The number of nitrogens with zero attached hydrogens (tertiary/aromatic N) is 1. The van der Waals surface area contributed by atoms with Crippen molar-refractivity contribution in [3.05, 3.63) is 23.5 Å². The summed E-state index contributed by atoms with van der Waals surface area (Å²) in [5.41, 5.74) is 8.05. The summed E-state index contributed by atoms with van der Waals surface area (Å²) >= 11 is 0. The van der Waals surface area contributed by atoms with Gasteiger partial charge in [0.25, 0.3) is 0 Å². The van der Waals surface area contributed by atoms with Gasteiger partial charge in [-0.2, -0.15) is 0 Å². The van der Waals surface area contributed by atoms with Gasteiger partial charge >= 0.3 is 0 Å². The first-order chi connectivity index (χ1) is 10.2. The van der Waals surface area contributed by atoms with Gasteiger partial charge in [0.1, 0.15) is 5.75 Å². The topological polar surface area (TPSA) is 57.4 Å². The first kappa shape index (κ1) is 16.2. The maximum Gasteiger partial charge on any atom is 0.140 e. The molecule has 1 aromatic rings. The van der Waals surface area contributed by atoms with E-state index in [1.54, 1.807) is 0 Å². The van der Waals surface area contributed by atoms with E-state index in [-0.39, 0.29) is 6.04 Å². The zero-order valence-electron chi connectivity index (χ0n) is 13.3. The Bertz CT molecular complexity index is 431. The van der Waals surface area contributed by atoms with E-state index in [4.69, 9.17) is 15.2 Å². The van der Waals surface area contributed by atoms with E-state index in [1.807, 2.05) is 19.1 Å². The van der Waals surface area contributed by atoms with Crippen molar-refractivity contribution >= 4 is 0 Å². The largest absolute Gasteiger partial charge is 0.492 e. The second-order valence-corrected chi connectivity index (χ2v) is 5.90. The van der Waals surface area contributed by atoms with Gasteiger partial charge in [0.2, 0.25) is 0 Å². The van der Waals surface area contributed by atoms with Crippen LogP contribution < -0.4 is 10.5 Å². The minimum Gasteiger partial charge on any atom is -0.492 e. The van der Waals surface area contributed by atoms with Crippen LogP contribution in [0, 0.1) is 6.92 Å². The lowest BCUT2D eigenvalue weighted by molar-refractivity contribution is 0.0980. The SMILES string of the molecule is CCC(N)Cc1nc(C)ccc1OCCCC1CCCO1. The van der Waals surface area contributed by atoms with Crippen LogP contribution in [-0.4, -0.2) is 30.3 Å². The third kappa shape index (κ3) is 5.29. The minimum absolute atomic E-state index is 0.147. The molecule has 1 aliphatic heterocycles. The Morgan fingerprint density at radius 1 is 1.48 bits per heavy atom. The number of nitrogens with two attached hydrogens (primary N) is 1. The molecule has 0 saturated carbocycles. The fraction of sp³-hybridized carbons (Fsp3) is 0.706. The van der Waals surface area contributed by atoms with Crippen molar-refractivity contribution in [1.29, 1.82) is 0 Å². The van der Waals surface area contributed by atoms with Crippen LogP contribution in [0.2, 0.25) is 0 Å². The third-order valence-corrected chi connectivity index (χ3v) is 4.00. The fourth-order valence-electron chi connectivity index (χ4n) is 2.63. The van der Waals surface area contributed by atoms with Crippen LogP contribution in [0.3, 0.4) is 0 Å². The van der Waals surface area contributed by atoms with E-state index in [9.17, 15) is 0 Å². The Labute approximate surface area is 128 Å².